The molecule has 0 aliphatic carbocycles. The number of esters is 2. The summed E-state index contributed by atoms with van der Waals surface area (Å²) in [6.07, 6.45) is -11.9. The van der Waals surface area contributed by atoms with E-state index in [0.717, 1.165) is 30.6 Å². The Bertz CT molecular complexity index is 923. The Kier molecular flexibility index (Phi) is 8.43. The molecular formula is C21H25F6NO8. The summed E-state index contributed by atoms with van der Waals surface area (Å²) in [6.45, 7) is 1.38. The summed E-state index contributed by atoms with van der Waals surface area (Å²) in [7, 11) is 2.32. The summed E-state index contributed by atoms with van der Waals surface area (Å²) in [5.74, 6) is -12.1. The molecule has 1 saturated heterocycles. The lowest BCUT2D eigenvalue weighted by molar-refractivity contribution is -0.376. The predicted octanol–water partition coefficient (Wildman–Crippen LogP) is 2.25. The van der Waals surface area contributed by atoms with Crippen LogP contribution in [0.1, 0.15) is 25.3 Å². The Balaban J connectivity index is 3.03. The van der Waals surface area contributed by atoms with Crippen LogP contribution in [0.5, 0.6) is 11.5 Å². The first-order valence-electron chi connectivity index (χ1n) is 10.5. The van der Waals surface area contributed by atoms with Gasteiger partial charge in [0.1, 0.15) is 11.8 Å². The van der Waals surface area contributed by atoms with E-state index in [4.69, 9.17) is 9.47 Å². The largest absolute Gasteiger partial charge is 0.493 e. The van der Waals surface area contributed by atoms with Crippen molar-refractivity contribution in [1.82, 2.24) is 5.32 Å². The van der Waals surface area contributed by atoms with Gasteiger partial charge in [-0.3, -0.25) is 9.59 Å². The van der Waals surface area contributed by atoms with Gasteiger partial charge in [0.05, 0.1) is 27.4 Å². The van der Waals surface area contributed by atoms with Crippen LogP contribution in [-0.2, 0) is 19.1 Å². The molecule has 36 heavy (non-hydrogen) atoms. The standard InChI is InChI=1S/C21H25F6NO8/c1-5-35-16(29)14-13(10-7-8-11(33-3)12(9-10)34-4)15(17(30)36-6-2)19(32,21(25,26)27)28-18(14,31)20(22,23)24/h7-9,13-15,28,31-32H,5-6H2,1-4H3. The molecule has 0 aromatic heterocycles. The quantitative estimate of drug-likeness (QED) is 0.358. The molecule has 4 atom stereocenters. The number of piperidine rings is 1. The van der Waals surface area contributed by atoms with E-state index < -0.39 is 72.3 Å². The number of halogens is 6. The van der Waals surface area contributed by atoms with E-state index in [-0.39, 0.29) is 11.5 Å². The zero-order chi connectivity index (χ0) is 27.7. The monoisotopic (exact) mass is 533 g/mol. The van der Waals surface area contributed by atoms with Gasteiger partial charge in [-0.25, -0.2) is 5.32 Å². The molecule has 1 aliphatic heterocycles. The minimum atomic E-state index is -5.97. The molecule has 0 amide bonds. The lowest BCUT2D eigenvalue weighted by atomic mass is 9.64. The Hall–Kier alpha value is -2.78. The van der Waals surface area contributed by atoms with Crippen molar-refractivity contribution in [3.8, 4) is 11.5 Å². The lowest BCUT2D eigenvalue weighted by Crippen LogP contribution is -2.81. The minimum Gasteiger partial charge on any atom is -0.493 e. The van der Waals surface area contributed by atoms with Crippen LogP contribution in [0.4, 0.5) is 26.3 Å². The smallest absolute Gasteiger partial charge is 0.432 e. The number of rotatable bonds is 7. The molecule has 0 radical (unpaired) electrons. The summed E-state index contributed by atoms with van der Waals surface area (Å²) in [5.41, 5.74) is -9.93. The highest BCUT2D eigenvalue weighted by molar-refractivity contribution is 5.81. The molecule has 204 valence electrons. The molecule has 0 spiro atoms. The molecular weight excluding hydrogens is 508 g/mol. The minimum absolute atomic E-state index is 0.00715. The third kappa shape index (κ3) is 4.91. The molecule has 3 N–H and O–H groups in total. The van der Waals surface area contributed by atoms with E-state index in [2.05, 4.69) is 9.47 Å². The summed E-state index contributed by atoms with van der Waals surface area (Å²) in [6, 6.07) is 2.98. The molecule has 4 unspecified atom stereocenters. The van der Waals surface area contributed by atoms with E-state index in [0.29, 0.717) is 0 Å². The van der Waals surface area contributed by atoms with Crippen LogP contribution in [0.3, 0.4) is 0 Å². The SMILES string of the molecule is CCOC(=O)C1C(c2ccc(OC)c(OC)c2)C(C(=O)OCC)C(O)(C(F)(F)F)NC1(O)C(F)(F)F. The number of nitrogens with one attached hydrogen (secondary N) is 1. The maximum atomic E-state index is 14.2. The highest BCUT2D eigenvalue weighted by Gasteiger charge is 2.78. The van der Waals surface area contributed by atoms with Crippen molar-refractivity contribution in [1.29, 1.82) is 0 Å². The summed E-state index contributed by atoms with van der Waals surface area (Å²) in [4.78, 5) is 25.6. The van der Waals surface area contributed by atoms with E-state index in [9.17, 15) is 46.1 Å². The van der Waals surface area contributed by atoms with Crippen LogP contribution in [-0.4, -0.2) is 73.4 Å². The Morgan fingerprint density at radius 2 is 1.28 bits per heavy atom. The fraction of sp³-hybridized carbons (Fsp3) is 0.619. The Labute approximate surface area is 201 Å². The van der Waals surface area contributed by atoms with Gasteiger partial charge in [-0.2, -0.15) is 26.3 Å². The topological polar surface area (TPSA) is 124 Å². The maximum absolute atomic E-state index is 14.2. The fourth-order valence-corrected chi connectivity index (χ4v) is 4.20. The number of methoxy groups -OCH3 is 2. The number of carbonyl (C=O) groups is 2. The molecule has 1 fully saturated rings. The molecule has 0 bridgehead atoms. The van der Waals surface area contributed by atoms with Crippen molar-refractivity contribution in [2.45, 2.75) is 43.6 Å². The molecule has 0 saturated carbocycles. The zero-order valence-corrected chi connectivity index (χ0v) is 19.5. The second-order valence-electron chi connectivity index (χ2n) is 7.75. The van der Waals surface area contributed by atoms with Gasteiger partial charge in [-0.1, -0.05) is 6.07 Å². The van der Waals surface area contributed by atoms with Crippen molar-refractivity contribution >= 4 is 11.9 Å². The molecule has 2 rings (SSSR count). The van der Waals surface area contributed by atoms with Gasteiger partial charge in [-0.05, 0) is 31.5 Å². The third-order valence-corrected chi connectivity index (χ3v) is 5.74. The van der Waals surface area contributed by atoms with Crippen molar-refractivity contribution in [2.24, 2.45) is 11.8 Å². The number of ether oxygens (including phenoxy) is 4. The number of aliphatic hydroxyl groups is 2. The van der Waals surface area contributed by atoms with E-state index in [1.54, 1.807) is 0 Å². The van der Waals surface area contributed by atoms with Crippen LogP contribution in [0.25, 0.3) is 0 Å². The molecule has 1 aromatic rings. The maximum Gasteiger partial charge on any atom is 0.432 e. The van der Waals surface area contributed by atoms with Gasteiger partial charge in [-0.15, -0.1) is 0 Å². The van der Waals surface area contributed by atoms with Gasteiger partial charge >= 0.3 is 24.3 Å². The van der Waals surface area contributed by atoms with Gasteiger partial charge in [0.15, 0.2) is 11.5 Å². The molecule has 1 aromatic carbocycles. The fourth-order valence-electron chi connectivity index (χ4n) is 4.20. The first-order chi connectivity index (χ1) is 16.5. The number of carbonyl (C=O) groups excluding carboxylic acids is 2. The van der Waals surface area contributed by atoms with Crippen LogP contribution >= 0.6 is 0 Å². The van der Waals surface area contributed by atoms with Crippen LogP contribution in [0.15, 0.2) is 18.2 Å². The highest BCUT2D eigenvalue weighted by atomic mass is 19.4. The van der Waals surface area contributed by atoms with Gasteiger partial charge in [0, 0.05) is 5.92 Å². The Morgan fingerprint density at radius 1 is 0.861 bits per heavy atom. The molecule has 9 nitrogen and oxygen atoms in total. The molecule has 1 aliphatic rings. The van der Waals surface area contributed by atoms with Crippen LogP contribution in [0.2, 0.25) is 0 Å². The lowest BCUT2D eigenvalue weighted by Gasteiger charge is -2.54. The van der Waals surface area contributed by atoms with Crippen LogP contribution in [0, 0.1) is 11.8 Å². The average Bonchev–Trinajstić information content (AvgIpc) is 2.76. The number of hydrogen-bond donors (Lipinski definition) is 3. The van der Waals surface area contributed by atoms with Gasteiger partial charge < -0.3 is 29.2 Å². The highest BCUT2D eigenvalue weighted by Crippen LogP contribution is 2.56. The van der Waals surface area contributed by atoms with E-state index in [1.807, 2.05) is 0 Å². The molecule has 1 heterocycles. The second-order valence-corrected chi connectivity index (χ2v) is 7.75. The summed E-state index contributed by atoms with van der Waals surface area (Å²) < 4.78 is 104. The van der Waals surface area contributed by atoms with Crippen molar-refractivity contribution < 1.29 is 65.1 Å². The molecule has 15 heteroatoms. The van der Waals surface area contributed by atoms with Crippen molar-refractivity contribution in [2.75, 3.05) is 27.4 Å². The van der Waals surface area contributed by atoms with Crippen LogP contribution < -0.4 is 14.8 Å². The average molecular weight is 533 g/mol. The number of hydrogen-bond acceptors (Lipinski definition) is 9. The predicted molar refractivity (Wildman–Crippen MR) is 108 cm³/mol. The van der Waals surface area contributed by atoms with E-state index >= 15 is 0 Å². The normalized spacial score (nSPS) is 28.8. The first-order valence-corrected chi connectivity index (χ1v) is 10.5. The number of alkyl halides is 6. The second kappa shape index (κ2) is 10.3. The van der Waals surface area contributed by atoms with E-state index in [1.165, 1.54) is 21.0 Å². The van der Waals surface area contributed by atoms with Gasteiger partial charge in [0.2, 0.25) is 11.4 Å². The summed E-state index contributed by atoms with van der Waals surface area (Å²) >= 11 is 0. The first kappa shape index (κ1) is 29.5. The van der Waals surface area contributed by atoms with Gasteiger partial charge in [0.25, 0.3) is 0 Å². The Morgan fingerprint density at radius 3 is 1.61 bits per heavy atom. The summed E-state index contributed by atoms with van der Waals surface area (Å²) in [5, 5.41) is 22.0. The zero-order valence-electron chi connectivity index (χ0n) is 19.5. The van der Waals surface area contributed by atoms with Crippen molar-refractivity contribution in [3.63, 3.8) is 0 Å². The van der Waals surface area contributed by atoms with Crippen molar-refractivity contribution in [3.05, 3.63) is 23.8 Å². The third-order valence-electron chi connectivity index (χ3n) is 5.74. The number of benzene rings is 1.